The average Bonchev–Trinajstić information content (AvgIpc) is 3.33. The number of pyridine rings is 1. The van der Waals surface area contributed by atoms with E-state index in [1.54, 1.807) is 4.57 Å². The summed E-state index contributed by atoms with van der Waals surface area (Å²) in [5.74, 6) is 4.92. The number of anilines is 1. The second-order valence-corrected chi connectivity index (χ2v) is 5.12. The van der Waals surface area contributed by atoms with Crippen LogP contribution in [-0.4, -0.2) is 20.8 Å². The first-order valence-electron chi connectivity index (χ1n) is 6.67. The first-order valence-corrected chi connectivity index (χ1v) is 6.67. The van der Waals surface area contributed by atoms with E-state index in [2.05, 4.69) is 10.2 Å². The summed E-state index contributed by atoms with van der Waals surface area (Å²) in [6.07, 6.45) is 1.39. The van der Waals surface area contributed by atoms with E-state index in [0.717, 1.165) is 18.9 Å². The first kappa shape index (κ1) is 14.8. The number of fused-ring (bicyclic) bond motifs is 1. The largest absolute Gasteiger partial charge is 0.511 e. The maximum atomic E-state index is 12.4. The second-order valence-electron chi connectivity index (χ2n) is 5.12. The molecule has 0 unspecified atom stereocenters. The summed E-state index contributed by atoms with van der Waals surface area (Å²) in [5.41, 5.74) is 1.61. The van der Waals surface area contributed by atoms with Crippen molar-refractivity contribution in [1.29, 1.82) is 0 Å². The molecule has 4 N–H and O–H groups in total. The summed E-state index contributed by atoms with van der Waals surface area (Å²) < 4.78 is 6.18. The van der Waals surface area contributed by atoms with Gasteiger partial charge in [-0.2, -0.15) is 0 Å². The van der Waals surface area contributed by atoms with E-state index in [0.29, 0.717) is 5.52 Å². The topological polar surface area (TPSA) is 150 Å². The van der Waals surface area contributed by atoms with Crippen LogP contribution in [0.2, 0.25) is 0 Å². The first-order chi connectivity index (χ1) is 10.9. The van der Waals surface area contributed by atoms with E-state index < -0.39 is 16.5 Å². The number of aromatic nitrogens is 1. The highest BCUT2D eigenvalue weighted by molar-refractivity contribution is 5.89. The summed E-state index contributed by atoms with van der Waals surface area (Å²) in [4.78, 5) is 33.5. The van der Waals surface area contributed by atoms with Gasteiger partial charge in [-0.05, 0) is 18.9 Å². The maximum Gasteiger partial charge on any atom is 0.511 e. The van der Waals surface area contributed by atoms with Gasteiger partial charge < -0.3 is 19.8 Å². The zero-order valence-corrected chi connectivity index (χ0v) is 11.7. The molecular weight excluding hydrogens is 308 g/mol. The van der Waals surface area contributed by atoms with Crippen LogP contribution in [0.1, 0.15) is 18.9 Å². The van der Waals surface area contributed by atoms with Gasteiger partial charge in [-0.1, -0.05) is 0 Å². The van der Waals surface area contributed by atoms with Crippen molar-refractivity contribution in [2.45, 2.75) is 18.9 Å². The number of nitrogens with two attached hydrogens (primary N) is 1. The van der Waals surface area contributed by atoms with Crippen LogP contribution < -0.4 is 21.4 Å². The van der Waals surface area contributed by atoms with Gasteiger partial charge in [0.05, 0.1) is 22.0 Å². The molecule has 0 radical (unpaired) electrons. The highest BCUT2D eigenvalue weighted by Gasteiger charge is 2.28. The molecule has 0 atom stereocenters. The number of nitro benzene ring substituents is 1. The lowest BCUT2D eigenvalue weighted by Crippen LogP contribution is -2.17. The average molecular weight is 320 g/mol. The molecular formula is C13H12N4O6. The van der Waals surface area contributed by atoms with E-state index in [9.17, 15) is 19.7 Å². The van der Waals surface area contributed by atoms with Gasteiger partial charge in [0.1, 0.15) is 5.69 Å². The van der Waals surface area contributed by atoms with Crippen molar-refractivity contribution < 1.29 is 19.6 Å². The van der Waals surface area contributed by atoms with Gasteiger partial charge in [0.2, 0.25) is 5.43 Å². The third kappa shape index (κ3) is 2.55. The van der Waals surface area contributed by atoms with Gasteiger partial charge in [-0.15, -0.1) is 0 Å². The molecule has 10 heteroatoms. The Morgan fingerprint density at radius 3 is 2.70 bits per heavy atom. The van der Waals surface area contributed by atoms with Crippen molar-refractivity contribution in [3.63, 3.8) is 0 Å². The second kappa shape index (κ2) is 5.25. The third-order valence-corrected chi connectivity index (χ3v) is 3.61. The zero-order valence-electron chi connectivity index (χ0n) is 11.7. The Balaban J connectivity index is 2.35. The fourth-order valence-electron chi connectivity index (χ4n) is 2.45. The fraction of sp³-hybridized carbons (Fsp3) is 0.231. The molecule has 0 bridgehead atoms. The Labute approximate surface area is 128 Å². The standard InChI is InChI=1S/C13H12N4O6/c14-15-8-4-9-7(3-10(8)17(21)22)12(18)11(23-13(19)20)5-16(9)6-1-2-6/h3-6,15H,1-2,14H2,(H,19,20). The number of carbonyl (C=O) groups is 1. The van der Waals surface area contributed by atoms with E-state index in [1.165, 1.54) is 12.3 Å². The van der Waals surface area contributed by atoms with E-state index in [4.69, 9.17) is 10.9 Å². The number of nitrogen functional groups attached to an aromatic ring is 1. The number of benzene rings is 1. The van der Waals surface area contributed by atoms with Gasteiger partial charge in [0.15, 0.2) is 5.75 Å². The van der Waals surface area contributed by atoms with Crippen LogP contribution in [0.5, 0.6) is 5.75 Å². The lowest BCUT2D eigenvalue weighted by molar-refractivity contribution is -0.383. The number of hydrogen-bond donors (Lipinski definition) is 3. The Kier molecular flexibility index (Phi) is 3.37. The third-order valence-electron chi connectivity index (χ3n) is 3.61. The number of carboxylic acid groups (broad SMARTS) is 1. The summed E-state index contributed by atoms with van der Waals surface area (Å²) in [5, 5.41) is 19.8. The van der Waals surface area contributed by atoms with Gasteiger partial charge in [0.25, 0.3) is 5.69 Å². The fourth-order valence-corrected chi connectivity index (χ4v) is 2.45. The molecule has 1 aromatic carbocycles. The Bertz CT molecular complexity index is 886. The minimum Gasteiger partial charge on any atom is -0.449 e. The van der Waals surface area contributed by atoms with Crippen molar-refractivity contribution in [1.82, 2.24) is 4.57 Å². The number of hydrazine groups is 1. The predicted octanol–water partition coefficient (Wildman–Crippen LogP) is 1.59. The monoisotopic (exact) mass is 320 g/mol. The Morgan fingerprint density at radius 2 is 2.17 bits per heavy atom. The number of nitrogens with one attached hydrogen (secondary N) is 1. The molecule has 1 saturated carbocycles. The van der Waals surface area contributed by atoms with Crippen molar-refractivity contribution >= 4 is 28.4 Å². The minimum absolute atomic E-state index is 0.00125. The van der Waals surface area contributed by atoms with Crippen molar-refractivity contribution in [3.05, 3.63) is 38.7 Å². The summed E-state index contributed by atoms with van der Waals surface area (Å²) in [6, 6.07) is 2.55. The van der Waals surface area contributed by atoms with Crippen LogP contribution in [0, 0.1) is 10.1 Å². The van der Waals surface area contributed by atoms with Gasteiger partial charge in [-0.25, -0.2) is 4.79 Å². The van der Waals surface area contributed by atoms with Crippen LogP contribution >= 0.6 is 0 Å². The smallest absolute Gasteiger partial charge is 0.449 e. The molecule has 0 saturated heterocycles. The molecule has 1 heterocycles. The number of rotatable bonds is 4. The highest BCUT2D eigenvalue weighted by Crippen LogP contribution is 2.39. The highest BCUT2D eigenvalue weighted by atomic mass is 16.7. The molecule has 1 aliphatic rings. The van der Waals surface area contributed by atoms with Crippen LogP contribution in [0.4, 0.5) is 16.2 Å². The molecule has 3 rings (SSSR count). The van der Waals surface area contributed by atoms with Crippen molar-refractivity contribution in [2.75, 3.05) is 5.43 Å². The summed E-state index contributed by atoms with van der Waals surface area (Å²) in [7, 11) is 0. The molecule has 120 valence electrons. The lowest BCUT2D eigenvalue weighted by Gasteiger charge is -2.13. The van der Waals surface area contributed by atoms with Gasteiger partial charge in [0, 0.05) is 12.1 Å². The molecule has 2 aromatic rings. The molecule has 1 aromatic heterocycles. The van der Waals surface area contributed by atoms with Crippen LogP contribution in [-0.2, 0) is 0 Å². The zero-order chi connectivity index (χ0) is 16.7. The Hall–Kier alpha value is -3.14. The van der Waals surface area contributed by atoms with E-state index >= 15 is 0 Å². The van der Waals surface area contributed by atoms with Crippen molar-refractivity contribution in [2.24, 2.45) is 5.84 Å². The number of nitro groups is 1. The predicted molar refractivity (Wildman–Crippen MR) is 79.6 cm³/mol. The van der Waals surface area contributed by atoms with Crippen LogP contribution in [0.25, 0.3) is 10.9 Å². The summed E-state index contributed by atoms with van der Waals surface area (Å²) >= 11 is 0. The molecule has 0 amide bonds. The Morgan fingerprint density at radius 1 is 1.48 bits per heavy atom. The van der Waals surface area contributed by atoms with Crippen LogP contribution in [0.15, 0.2) is 23.1 Å². The molecule has 0 spiro atoms. The van der Waals surface area contributed by atoms with E-state index in [-0.39, 0.29) is 28.6 Å². The van der Waals surface area contributed by atoms with E-state index in [1.807, 2.05) is 0 Å². The molecule has 1 fully saturated rings. The molecule has 1 aliphatic carbocycles. The van der Waals surface area contributed by atoms with Gasteiger partial charge >= 0.3 is 6.16 Å². The molecule has 10 nitrogen and oxygen atoms in total. The summed E-state index contributed by atoms with van der Waals surface area (Å²) in [6.45, 7) is 0. The van der Waals surface area contributed by atoms with Crippen LogP contribution in [0.3, 0.4) is 0 Å². The molecule has 23 heavy (non-hydrogen) atoms. The minimum atomic E-state index is -1.63. The quantitative estimate of drug-likeness (QED) is 0.332. The molecule has 0 aliphatic heterocycles. The number of ether oxygens (including phenoxy) is 1. The lowest BCUT2D eigenvalue weighted by atomic mass is 10.1. The SMILES string of the molecule is NNc1cc2c(cc1[N+](=O)[O-])c(=O)c(OC(=O)O)cn2C1CC1. The maximum absolute atomic E-state index is 12.4. The number of hydrogen-bond acceptors (Lipinski definition) is 7. The van der Waals surface area contributed by atoms with Gasteiger partial charge in [-0.3, -0.25) is 20.8 Å². The normalized spacial score (nSPS) is 13.8. The number of nitrogens with zero attached hydrogens (tertiary/aromatic N) is 2. The van der Waals surface area contributed by atoms with Crippen molar-refractivity contribution in [3.8, 4) is 5.75 Å².